The maximum Gasteiger partial charge on any atom is 0.125 e. The highest BCUT2D eigenvalue weighted by Crippen LogP contribution is 2.35. The summed E-state index contributed by atoms with van der Waals surface area (Å²) in [5, 5.41) is 0. The normalized spacial score (nSPS) is 11.9. The van der Waals surface area contributed by atoms with Crippen LogP contribution in [0, 0.1) is 0 Å². The summed E-state index contributed by atoms with van der Waals surface area (Å²) < 4.78 is 5.42. The number of ether oxygens (including phenoxy) is 1. The van der Waals surface area contributed by atoms with Crippen LogP contribution in [0.2, 0.25) is 0 Å². The van der Waals surface area contributed by atoms with Crippen LogP contribution in [0.3, 0.4) is 0 Å². The Bertz CT molecular complexity index is 337. The Hall–Kier alpha value is -1.05. The van der Waals surface area contributed by atoms with Gasteiger partial charge in [0.1, 0.15) is 5.75 Å². The van der Waals surface area contributed by atoms with E-state index in [0.29, 0.717) is 5.92 Å². The van der Waals surface area contributed by atoms with Crippen LogP contribution in [0.15, 0.2) is 12.3 Å². The maximum atomic E-state index is 5.42. The molecule has 0 saturated carbocycles. The average Bonchev–Trinajstić information content (AvgIpc) is 2.15. The summed E-state index contributed by atoms with van der Waals surface area (Å²) in [5.74, 6) is 1.37. The van der Waals surface area contributed by atoms with E-state index in [1.165, 1.54) is 5.56 Å². The molecule has 0 atom stereocenters. The molecular weight excluding hydrogens is 186 g/mol. The van der Waals surface area contributed by atoms with E-state index in [1.807, 2.05) is 12.3 Å². The fourth-order valence-electron chi connectivity index (χ4n) is 1.82. The smallest absolute Gasteiger partial charge is 0.125 e. The van der Waals surface area contributed by atoms with Crippen molar-refractivity contribution in [3.8, 4) is 5.75 Å². The van der Waals surface area contributed by atoms with Crippen LogP contribution in [0.25, 0.3) is 0 Å². The minimum absolute atomic E-state index is 0.0687. The molecule has 0 aliphatic carbocycles. The van der Waals surface area contributed by atoms with Crippen molar-refractivity contribution in [1.82, 2.24) is 4.98 Å². The van der Waals surface area contributed by atoms with Crippen LogP contribution < -0.4 is 4.74 Å². The number of hydrogen-bond acceptors (Lipinski definition) is 2. The summed E-state index contributed by atoms with van der Waals surface area (Å²) >= 11 is 0. The first kappa shape index (κ1) is 12.0. The van der Waals surface area contributed by atoms with Gasteiger partial charge in [-0.1, -0.05) is 34.6 Å². The third-order valence-corrected chi connectivity index (χ3v) is 2.46. The van der Waals surface area contributed by atoms with E-state index in [9.17, 15) is 0 Å². The van der Waals surface area contributed by atoms with Gasteiger partial charge in [0.15, 0.2) is 0 Å². The van der Waals surface area contributed by atoms with Gasteiger partial charge in [0.05, 0.1) is 12.8 Å². The van der Waals surface area contributed by atoms with Crippen molar-refractivity contribution in [3.63, 3.8) is 0 Å². The predicted octanol–water partition coefficient (Wildman–Crippen LogP) is 3.51. The van der Waals surface area contributed by atoms with E-state index < -0.39 is 0 Å². The van der Waals surface area contributed by atoms with E-state index in [4.69, 9.17) is 4.74 Å². The van der Waals surface area contributed by atoms with Gasteiger partial charge in [0, 0.05) is 11.8 Å². The standard InChI is InChI=1S/C13H21NO/c1-9(2)12-11(13(3,4)5)10(15-6)7-8-14-12/h7-9H,1-6H3. The molecule has 0 radical (unpaired) electrons. The second-order valence-electron chi connectivity index (χ2n) is 5.18. The molecule has 1 aromatic heterocycles. The van der Waals surface area contributed by atoms with Crippen LogP contribution >= 0.6 is 0 Å². The predicted molar refractivity (Wildman–Crippen MR) is 63.6 cm³/mol. The van der Waals surface area contributed by atoms with Crippen LogP contribution in [0.5, 0.6) is 5.75 Å². The molecule has 1 aromatic rings. The Morgan fingerprint density at radius 3 is 2.27 bits per heavy atom. The largest absolute Gasteiger partial charge is 0.496 e. The molecule has 1 rings (SSSR count). The van der Waals surface area contributed by atoms with Gasteiger partial charge in [-0.3, -0.25) is 4.98 Å². The molecule has 2 heteroatoms. The first-order valence-electron chi connectivity index (χ1n) is 5.41. The molecule has 0 aromatic carbocycles. The van der Waals surface area contributed by atoms with E-state index in [2.05, 4.69) is 39.6 Å². The number of methoxy groups -OCH3 is 1. The zero-order chi connectivity index (χ0) is 11.6. The Kier molecular flexibility index (Phi) is 3.38. The van der Waals surface area contributed by atoms with Crippen molar-refractivity contribution in [2.75, 3.05) is 7.11 Å². The van der Waals surface area contributed by atoms with Gasteiger partial charge in [0.25, 0.3) is 0 Å². The van der Waals surface area contributed by atoms with Crippen molar-refractivity contribution in [2.45, 2.75) is 46.0 Å². The summed E-state index contributed by atoms with van der Waals surface area (Å²) in [6.45, 7) is 10.9. The summed E-state index contributed by atoms with van der Waals surface area (Å²) in [6, 6.07) is 1.94. The van der Waals surface area contributed by atoms with E-state index in [1.54, 1.807) is 7.11 Å². The van der Waals surface area contributed by atoms with E-state index in [0.717, 1.165) is 11.4 Å². The fraction of sp³-hybridized carbons (Fsp3) is 0.615. The van der Waals surface area contributed by atoms with Crippen LogP contribution in [-0.2, 0) is 5.41 Å². The lowest BCUT2D eigenvalue weighted by Gasteiger charge is -2.26. The molecule has 0 unspecified atom stereocenters. The fourth-order valence-corrected chi connectivity index (χ4v) is 1.82. The van der Waals surface area contributed by atoms with Gasteiger partial charge in [-0.05, 0) is 17.4 Å². The van der Waals surface area contributed by atoms with Crippen molar-refractivity contribution < 1.29 is 4.74 Å². The Balaban J connectivity index is 3.41. The SMILES string of the molecule is COc1ccnc(C(C)C)c1C(C)(C)C. The second-order valence-corrected chi connectivity index (χ2v) is 5.18. The number of rotatable bonds is 2. The Labute approximate surface area is 92.7 Å². The highest BCUT2D eigenvalue weighted by atomic mass is 16.5. The lowest BCUT2D eigenvalue weighted by molar-refractivity contribution is 0.393. The van der Waals surface area contributed by atoms with Gasteiger partial charge in [-0.2, -0.15) is 0 Å². The molecule has 0 aliphatic rings. The molecule has 15 heavy (non-hydrogen) atoms. The molecule has 1 heterocycles. The molecular formula is C13H21NO. The van der Waals surface area contributed by atoms with Gasteiger partial charge >= 0.3 is 0 Å². The Morgan fingerprint density at radius 2 is 1.87 bits per heavy atom. The third-order valence-electron chi connectivity index (χ3n) is 2.46. The molecule has 0 N–H and O–H groups in total. The van der Waals surface area contributed by atoms with Crippen molar-refractivity contribution in [2.24, 2.45) is 0 Å². The number of hydrogen-bond donors (Lipinski definition) is 0. The number of aromatic nitrogens is 1. The molecule has 84 valence electrons. The minimum atomic E-state index is 0.0687. The Morgan fingerprint density at radius 1 is 1.27 bits per heavy atom. The van der Waals surface area contributed by atoms with Crippen LogP contribution in [0.4, 0.5) is 0 Å². The van der Waals surface area contributed by atoms with E-state index >= 15 is 0 Å². The van der Waals surface area contributed by atoms with Crippen LogP contribution in [-0.4, -0.2) is 12.1 Å². The molecule has 0 spiro atoms. The number of nitrogens with zero attached hydrogens (tertiary/aromatic N) is 1. The van der Waals surface area contributed by atoms with Gasteiger partial charge < -0.3 is 4.74 Å². The highest BCUT2D eigenvalue weighted by molar-refractivity contribution is 5.42. The average molecular weight is 207 g/mol. The van der Waals surface area contributed by atoms with Gasteiger partial charge in [-0.25, -0.2) is 0 Å². The lowest BCUT2D eigenvalue weighted by Crippen LogP contribution is -2.17. The highest BCUT2D eigenvalue weighted by Gasteiger charge is 2.24. The van der Waals surface area contributed by atoms with Crippen LogP contribution in [0.1, 0.15) is 51.8 Å². The second kappa shape index (κ2) is 4.21. The van der Waals surface area contributed by atoms with Crippen molar-refractivity contribution >= 4 is 0 Å². The molecule has 0 saturated heterocycles. The first-order valence-corrected chi connectivity index (χ1v) is 5.41. The monoisotopic (exact) mass is 207 g/mol. The van der Waals surface area contributed by atoms with Gasteiger partial charge in [-0.15, -0.1) is 0 Å². The number of pyridine rings is 1. The van der Waals surface area contributed by atoms with Crippen molar-refractivity contribution in [1.29, 1.82) is 0 Å². The molecule has 2 nitrogen and oxygen atoms in total. The molecule has 0 amide bonds. The quantitative estimate of drug-likeness (QED) is 0.740. The zero-order valence-corrected chi connectivity index (χ0v) is 10.6. The summed E-state index contributed by atoms with van der Waals surface area (Å²) in [5.41, 5.74) is 2.43. The lowest BCUT2D eigenvalue weighted by atomic mass is 9.82. The summed E-state index contributed by atoms with van der Waals surface area (Å²) in [6.07, 6.45) is 1.82. The third kappa shape index (κ3) is 2.49. The first-order chi connectivity index (χ1) is 6.88. The molecule has 0 fully saturated rings. The van der Waals surface area contributed by atoms with Crippen molar-refractivity contribution in [3.05, 3.63) is 23.5 Å². The molecule has 0 bridgehead atoms. The van der Waals surface area contributed by atoms with E-state index in [-0.39, 0.29) is 5.41 Å². The topological polar surface area (TPSA) is 22.1 Å². The molecule has 0 aliphatic heterocycles. The van der Waals surface area contributed by atoms with Gasteiger partial charge in [0.2, 0.25) is 0 Å². The maximum absolute atomic E-state index is 5.42. The summed E-state index contributed by atoms with van der Waals surface area (Å²) in [4.78, 5) is 4.47. The zero-order valence-electron chi connectivity index (χ0n) is 10.6. The minimum Gasteiger partial charge on any atom is -0.496 e. The summed E-state index contributed by atoms with van der Waals surface area (Å²) in [7, 11) is 1.72.